The number of rotatable bonds is 4. The molecule has 2 heterocycles. The van der Waals surface area contributed by atoms with Crippen molar-refractivity contribution in [2.24, 2.45) is 5.92 Å². The van der Waals surface area contributed by atoms with Gasteiger partial charge in [-0.25, -0.2) is 0 Å². The van der Waals surface area contributed by atoms with Crippen LogP contribution in [0.2, 0.25) is 0 Å². The predicted octanol–water partition coefficient (Wildman–Crippen LogP) is 1.42. The first-order valence-electron chi connectivity index (χ1n) is 6.83. The van der Waals surface area contributed by atoms with Crippen LogP contribution in [-0.4, -0.2) is 35.8 Å². The SMILES string of the molecule is O=C1CCN(CCc2ccsc2)C(=O)C(C2CC2)N1. The average molecular weight is 278 g/mol. The Morgan fingerprint density at radius 2 is 2.21 bits per heavy atom. The third kappa shape index (κ3) is 2.97. The molecule has 1 saturated carbocycles. The summed E-state index contributed by atoms with van der Waals surface area (Å²) in [5.41, 5.74) is 1.27. The molecule has 3 rings (SSSR count). The fourth-order valence-electron chi connectivity index (χ4n) is 2.52. The second-order valence-electron chi connectivity index (χ2n) is 5.34. The molecular formula is C14H18N2O2S. The number of nitrogens with one attached hydrogen (secondary N) is 1. The molecule has 1 saturated heterocycles. The van der Waals surface area contributed by atoms with Crippen molar-refractivity contribution >= 4 is 23.2 Å². The third-order valence-electron chi connectivity index (χ3n) is 3.85. The number of hydrogen-bond donors (Lipinski definition) is 1. The molecule has 0 aromatic carbocycles. The lowest BCUT2D eigenvalue weighted by molar-refractivity contribution is -0.134. The quantitative estimate of drug-likeness (QED) is 0.905. The topological polar surface area (TPSA) is 49.4 Å². The van der Waals surface area contributed by atoms with E-state index in [4.69, 9.17) is 0 Å². The van der Waals surface area contributed by atoms with E-state index in [9.17, 15) is 9.59 Å². The van der Waals surface area contributed by atoms with Gasteiger partial charge in [-0.3, -0.25) is 9.59 Å². The first-order valence-corrected chi connectivity index (χ1v) is 7.77. The van der Waals surface area contributed by atoms with Gasteiger partial charge in [0.1, 0.15) is 6.04 Å². The van der Waals surface area contributed by atoms with Crippen LogP contribution in [-0.2, 0) is 16.0 Å². The minimum Gasteiger partial charge on any atom is -0.344 e. The molecule has 2 amide bonds. The van der Waals surface area contributed by atoms with E-state index in [1.807, 2.05) is 4.90 Å². The summed E-state index contributed by atoms with van der Waals surface area (Å²) >= 11 is 1.68. The second-order valence-corrected chi connectivity index (χ2v) is 6.12. The lowest BCUT2D eigenvalue weighted by Crippen LogP contribution is -2.46. The van der Waals surface area contributed by atoms with Crippen molar-refractivity contribution < 1.29 is 9.59 Å². The van der Waals surface area contributed by atoms with E-state index in [1.54, 1.807) is 11.3 Å². The summed E-state index contributed by atoms with van der Waals surface area (Å²) in [5.74, 6) is 0.505. The van der Waals surface area contributed by atoms with Crippen LogP contribution in [0.5, 0.6) is 0 Å². The number of carbonyl (C=O) groups excluding carboxylic acids is 2. The van der Waals surface area contributed by atoms with Gasteiger partial charge in [0, 0.05) is 19.5 Å². The zero-order valence-corrected chi connectivity index (χ0v) is 11.6. The molecule has 2 aliphatic rings. The first-order chi connectivity index (χ1) is 9.24. The molecule has 1 aliphatic carbocycles. The molecule has 1 aliphatic heterocycles. The Kier molecular flexibility index (Phi) is 3.55. The van der Waals surface area contributed by atoms with E-state index < -0.39 is 0 Å². The summed E-state index contributed by atoms with van der Waals surface area (Å²) in [4.78, 5) is 26.0. The highest BCUT2D eigenvalue weighted by molar-refractivity contribution is 7.07. The van der Waals surface area contributed by atoms with Crippen molar-refractivity contribution in [2.75, 3.05) is 13.1 Å². The zero-order valence-electron chi connectivity index (χ0n) is 10.8. The van der Waals surface area contributed by atoms with Gasteiger partial charge in [0.2, 0.25) is 11.8 Å². The smallest absolute Gasteiger partial charge is 0.245 e. The Morgan fingerprint density at radius 3 is 2.89 bits per heavy atom. The van der Waals surface area contributed by atoms with E-state index in [-0.39, 0.29) is 17.9 Å². The molecule has 4 nitrogen and oxygen atoms in total. The van der Waals surface area contributed by atoms with Crippen molar-refractivity contribution in [1.82, 2.24) is 10.2 Å². The molecule has 0 spiro atoms. The fraction of sp³-hybridized carbons (Fsp3) is 0.571. The highest BCUT2D eigenvalue weighted by Crippen LogP contribution is 2.34. The van der Waals surface area contributed by atoms with Crippen LogP contribution >= 0.6 is 11.3 Å². The maximum absolute atomic E-state index is 12.4. The minimum atomic E-state index is -0.266. The van der Waals surface area contributed by atoms with Gasteiger partial charge >= 0.3 is 0 Å². The van der Waals surface area contributed by atoms with Gasteiger partial charge in [-0.2, -0.15) is 11.3 Å². The lowest BCUT2D eigenvalue weighted by Gasteiger charge is -2.23. The summed E-state index contributed by atoms with van der Waals surface area (Å²) in [6.45, 7) is 1.27. The maximum Gasteiger partial charge on any atom is 0.245 e. The summed E-state index contributed by atoms with van der Waals surface area (Å²) < 4.78 is 0. The van der Waals surface area contributed by atoms with Gasteiger partial charge in [-0.05, 0) is 47.6 Å². The Hall–Kier alpha value is -1.36. The number of hydrogen-bond acceptors (Lipinski definition) is 3. The van der Waals surface area contributed by atoms with E-state index >= 15 is 0 Å². The van der Waals surface area contributed by atoms with Gasteiger partial charge < -0.3 is 10.2 Å². The molecular weight excluding hydrogens is 260 g/mol. The van der Waals surface area contributed by atoms with Gasteiger partial charge in [0.15, 0.2) is 0 Å². The lowest BCUT2D eigenvalue weighted by atomic mass is 10.1. The van der Waals surface area contributed by atoms with Gasteiger partial charge in [0.05, 0.1) is 0 Å². The molecule has 1 N–H and O–H groups in total. The second kappa shape index (κ2) is 5.33. The van der Waals surface area contributed by atoms with Crippen molar-refractivity contribution in [1.29, 1.82) is 0 Å². The fourth-order valence-corrected chi connectivity index (χ4v) is 3.22. The highest BCUT2D eigenvalue weighted by Gasteiger charge is 2.40. The van der Waals surface area contributed by atoms with Crippen LogP contribution < -0.4 is 5.32 Å². The molecule has 2 fully saturated rings. The molecule has 1 aromatic heterocycles. The summed E-state index contributed by atoms with van der Waals surface area (Å²) in [6, 6.07) is 1.83. The molecule has 5 heteroatoms. The monoisotopic (exact) mass is 278 g/mol. The Labute approximate surface area is 116 Å². The van der Waals surface area contributed by atoms with Gasteiger partial charge in [0.25, 0.3) is 0 Å². The molecule has 1 aromatic rings. The molecule has 102 valence electrons. The van der Waals surface area contributed by atoms with E-state index in [0.29, 0.717) is 25.4 Å². The van der Waals surface area contributed by atoms with Crippen molar-refractivity contribution in [3.63, 3.8) is 0 Å². The van der Waals surface area contributed by atoms with Crippen LogP contribution in [0.15, 0.2) is 16.8 Å². The Morgan fingerprint density at radius 1 is 1.37 bits per heavy atom. The Bertz CT molecular complexity index is 468. The average Bonchev–Trinajstić information content (AvgIpc) is 3.13. The van der Waals surface area contributed by atoms with Gasteiger partial charge in [-0.15, -0.1) is 0 Å². The summed E-state index contributed by atoms with van der Waals surface area (Å²) in [7, 11) is 0. The third-order valence-corrected chi connectivity index (χ3v) is 4.58. The standard InChI is InChI=1S/C14H18N2O2S/c17-12-4-7-16(6-3-10-5-8-19-9-10)14(18)13(15-12)11-1-2-11/h5,8-9,11,13H,1-4,6-7H2,(H,15,17). The molecule has 1 unspecified atom stereocenters. The molecule has 0 radical (unpaired) electrons. The molecule has 19 heavy (non-hydrogen) atoms. The number of amides is 2. The number of carbonyl (C=O) groups is 2. The highest BCUT2D eigenvalue weighted by atomic mass is 32.1. The van der Waals surface area contributed by atoms with Crippen molar-refractivity contribution in [2.45, 2.75) is 31.7 Å². The molecule has 0 bridgehead atoms. The van der Waals surface area contributed by atoms with Crippen LogP contribution in [0.4, 0.5) is 0 Å². The van der Waals surface area contributed by atoms with Crippen LogP contribution in [0, 0.1) is 5.92 Å². The van der Waals surface area contributed by atoms with E-state index in [0.717, 1.165) is 19.3 Å². The summed E-state index contributed by atoms with van der Waals surface area (Å²) in [5, 5.41) is 7.05. The normalized spacial score (nSPS) is 24.2. The zero-order chi connectivity index (χ0) is 13.2. The van der Waals surface area contributed by atoms with Crippen molar-refractivity contribution in [3.05, 3.63) is 22.4 Å². The summed E-state index contributed by atoms with van der Waals surface area (Å²) in [6.07, 6.45) is 3.43. The van der Waals surface area contributed by atoms with E-state index in [1.165, 1.54) is 5.56 Å². The largest absolute Gasteiger partial charge is 0.344 e. The minimum absolute atomic E-state index is 0.0169. The first kappa shape index (κ1) is 12.7. The number of nitrogens with zero attached hydrogens (tertiary/aromatic N) is 1. The Balaban J connectivity index is 1.65. The number of thiophene rings is 1. The maximum atomic E-state index is 12.4. The van der Waals surface area contributed by atoms with Gasteiger partial charge in [-0.1, -0.05) is 0 Å². The van der Waals surface area contributed by atoms with E-state index in [2.05, 4.69) is 22.1 Å². The van der Waals surface area contributed by atoms with Crippen LogP contribution in [0.25, 0.3) is 0 Å². The predicted molar refractivity (Wildman–Crippen MR) is 73.9 cm³/mol. The van der Waals surface area contributed by atoms with Crippen LogP contribution in [0.1, 0.15) is 24.8 Å². The van der Waals surface area contributed by atoms with Crippen LogP contribution in [0.3, 0.4) is 0 Å². The van der Waals surface area contributed by atoms with Crippen molar-refractivity contribution in [3.8, 4) is 0 Å². The molecule has 1 atom stereocenters.